The van der Waals surface area contributed by atoms with Gasteiger partial charge in [0.25, 0.3) is 5.56 Å². The minimum atomic E-state index is -0.240. The van der Waals surface area contributed by atoms with Gasteiger partial charge >= 0.3 is 0 Å². The Morgan fingerprint density at radius 1 is 1.26 bits per heavy atom. The van der Waals surface area contributed by atoms with Crippen LogP contribution in [-0.4, -0.2) is 20.2 Å². The smallest absolute Gasteiger partial charge is 0.265 e. The summed E-state index contributed by atoms with van der Waals surface area (Å²) >= 11 is 3.26. The molecule has 98 valence electrons. The fraction of sp³-hybridized carbons (Fsp3) is 0.231. The number of hydrogen-bond acceptors (Lipinski definition) is 4. The first-order valence-electron chi connectivity index (χ1n) is 5.88. The van der Waals surface area contributed by atoms with Crippen LogP contribution in [0.4, 0.5) is 0 Å². The van der Waals surface area contributed by atoms with Gasteiger partial charge < -0.3 is 15.2 Å². The largest absolute Gasteiger partial charge is 0.504 e. The molecule has 1 heterocycles. The van der Waals surface area contributed by atoms with Gasteiger partial charge in [0.2, 0.25) is 0 Å². The van der Waals surface area contributed by atoms with Crippen molar-refractivity contribution >= 4 is 15.9 Å². The predicted octanol–water partition coefficient (Wildman–Crippen LogP) is 2.49. The number of H-pyrrole nitrogens is 1. The van der Waals surface area contributed by atoms with Crippen molar-refractivity contribution in [3.63, 3.8) is 0 Å². The molecule has 0 aliphatic heterocycles. The number of hydrogen-bond donors (Lipinski definition) is 3. The van der Waals surface area contributed by atoms with Gasteiger partial charge in [0.1, 0.15) is 10.3 Å². The molecule has 1 fully saturated rings. The summed E-state index contributed by atoms with van der Waals surface area (Å²) in [6, 6.07) is 4.33. The lowest BCUT2D eigenvalue weighted by atomic mass is 10.1. The van der Waals surface area contributed by atoms with E-state index >= 15 is 0 Å². The molecule has 0 radical (unpaired) electrons. The van der Waals surface area contributed by atoms with Gasteiger partial charge in [-0.2, -0.15) is 0 Å². The molecule has 0 unspecified atom stereocenters. The maximum atomic E-state index is 11.9. The van der Waals surface area contributed by atoms with Gasteiger partial charge in [0, 0.05) is 11.5 Å². The maximum Gasteiger partial charge on any atom is 0.265 e. The zero-order valence-electron chi connectivity index (χ0n) is 9.85. The standard InChI is InChI=1S/C13H11BrN2O3/c14-10-11(6-1-2-6)15-12(16-13(10)19)7-3-4-8(17)9(18)5-7/h3-6,17-18H,1-2H2,(H,15,16,19). The van der Waals surface area contributed by atoms with Crippen molar-refractivity contribution in [3.8, 4) is 22.9 Å². The number of halogens is 1. The quantitative estimate of drug-likeness (QED) is 0.741. The third-order valence-corrected chi connectivity index (χ3v) is 3.87. The van der Waals surface area contributed by atoms with Gasteiger partial charge in [-0.25, -0.2) is 4.98 Å². The SMILES string of the molecule is O=c1[nH]c(-c2ccc(O)c(O)c2)nc(C2CC2)c1Br. The Morgan fingerprint density at radius 3 is 2.63 bits per heavy atom. The number of aromatic amines is 1. The van der Waals surface area contributed by atoms with Crippen molar-refractivity contribution in [1.82, 2.24) is 9.97 Å². The second-order valence-corrected chi connectivity index (χ2v) is 5.38. The van der Waals surface area contributed by atoms with Crippen LogP contribution in [0.15, 0.2) is 27.5 Å². The molecule has 0 amide bonds. The summed E-state index contributed by atoms with van der Waals surface area (Å²) in [5.74, 6) is 0.285. The Balaban J connectivity index is 2.14. The van der Waals surface area contributed by atoms with E-state index in [1.807, 2.05) is 0 Å². The number of phenolic OH excluding ortho intramolecular Hbond substituents is 2. The summed E-state index contributed by atoms with van der Waals surface area (Å²) in [5.41, 5.74) is 1.08. The zero-order chi connectivity index (χ0) is 13.6. The number of nitrogens with zero attached hydrogens (tertiary/aromatic N) is 1. The van der Waals surface area contributed by atoms with Gasteiger partial charge in [0.15, 0.2) is 11.5 Å². The Kier molecular flexibility index (Phi) is 2.82. The highest BCUT2D eigenvalue weighted by Gasteiger charge is 2.29. The third kappa shape index (κ3) is 2.23. The molecule has 1 saturated carbocycles. The van der Waals surface area contributed by atoms with Crippen molar-refractivity contribution < 1.29 is 10.2 Å². The molecule has 0 spiro atoms. The first kappa shape index (κ1) is 12.2. The summed E-state index contributed by atoms with van der Waals surface area (Å²) in [7, 11) is 0. The molecule has 1 aromatic carbocycles. The van der Waals surface area contributed by atoms with Gasteiger partial charge in [-0.3, -0.25) is 4.79 Å². The molecule has 2 aromatic rings. The summed E-state index contributed by atoms with van der Waals surface area (Å²) in [6.45, 7) is 0. The van der Waals surface area contributed by atoms with Crippen LogP contribution in [0, 0.1) is 0 Å². The molecule has 3 N–H and O–H groups in total. The van der Waals surface area contributed by atoms with E-state index in [1.165, 1.54) is 12.1 Å². The molecule has 1 aliphatic carbocycles. The number of aromatic hydroxyl groups is 2. The third-order valence-electron chi connectivity index (χ3n) is 3.10. The van der Waals surface area contributed by atoms with Crippen LogP contribution in [0.25, 0.3) is 11.4 Å². The summed E-state index contributed by atoms with van der Waals surface area (Å²) in [6.07, 6.45) is 2.07. The second kappa shape index (κ2) is 4.38. The Hall–Kier alpha value is -1.82. The van der Waals surface area contributed by atoms with Crippen molar-refractivity contribution in [1.29, 1.82) is 0 Å². The lowest BCUT2D eigenvalue weighted by Crippen LogP contribution is -2.13. The van der Waals surface area contributed by atoms with Crippen molar-refractivity contribution in [2.45, 2.75) is 18.8 Å². The van der Waals surface area contributed by atoms with Crippen molar-refractivity contribution in [3.05, 3.63) is 38.7 Å². The lowest BCUT2D eigenvalue weighted by Gasteiger charge is -2.07. The van der Waals surface area contributed by atoms with Crippen LogP contribution < -0.4 is 5.56 Å². The number of aromatic nitrogens is 2. The van der Waals surface area contributed by atoms with E-state index in [-0.39, 0.29) is 17.1 Å². The number of nitrogens with one attached hydrogen (secondary N) is 1. The first-order chi connectivity index (χ1) is 9.06. The summed E-state index contributed by atoms with van der Waals surface area (Å²) in [5, 5.41) is 18.8. The minimum Gasteiger partial charge on any atom is -0.504 e. The van der Waals surface area contributed by atoms with E-state index in [0.717, 1.165) is 18.5 Å². The van der Waals surface area contributed by atoms with E-state index in [2.05, 4.69) is 25.9 Å². The van der Waals surface area contributed by atoms with Crippen LogP contribution in [0.3, 0.4) is 0 Å². The molecule has 0 bridgehead atoms. The molecular formula is C13H11BrN2O3. The van der Waals surface area contributed by atoms with E-state index in [1.54, 1.807) is 6.07 Å². The van der Waals surface area contributed by atoms with Gasteiger partial charge in [-0.15, -0.1) is 0 Å². The first-order valence-corrected chi connectivity index (χ1v) is 6.67. The van der Waals surface area contributed by atoms with Crippen LogP contribution in [-0.2, 0) is 0 Å². The normalized spacial score (nSPS) is 14.6. The van der Waals surface area contributed by atoms with Crippen LogP contribution in [0.1, 0.15) is 24.5 Å². The monoisotopic (exact) mass is 322 g/mol. The van der Waals surface area contributed by atoms with E-state index < -0.39 is 0 Å². The number of phenols is 2. The number of rotatable bonds is 2. The fourth-order valence-electron chi connectivity index (χ4n) is 1.91. The zero-order valence-corrected chi connectivity index (χ0v) is 11.4. The second-order valence-electron chi connectivity index (χ2n) is 4.59. The molecule has 0 saturated heterocycles. The van der Waals surface area contributed by atoms with Gasteiger partial charge in [-0.05, 0) is 47.0 Å². The Labute approximate surface area is 117 Å². The van der Waals surface area contributed by atoms with E-state index in [0.29, 0.717) is 21.8 Å². The molecule has 0 atom stereocenters. The highest BCUT2D eigenvalue weighted by Crippen LogP contribution is 2.41. The Bertz CT molecular complexity index is 708. The average molecular weight is 323 g/mol. The van der Waals surface area contributed by atoms with Crippen molar-refractivity contribution in [2.24, 2.45) is 0 Å². The van der Waals surface area contributed by atoms with E-state index in [9.17, 15) is 15.0 Å². The molecule has 19 heavy (non-hydrogen) atoms. The molecule has 6 heteroatoms. The maximum absolute atomic E-state index is 11.9. The van der Waals surface area contributed by atoms with Gasteiger partial charge in [0.05, 0.1) is 5.69 Å². The topological polar surface area (TPSA) is 86.2 Å². The fourth-order valence-corrected chi connectivity index (χ4v) is 2.42. The average Bonchev–Trinajstić information content (AvgIpc) is 3.20. The van der Waals surface area contributed by atoms with Crippen LogP contribution >= 0.6 is 15.9 Å². The molecule has 5 nitrogen and oxygen atoms in total. The van der Waals surface area contributed by atoms with Crippen LogP contribution in [0.2, 0.25) is 0 Å². The highest BCUT2D eigenvalue weighted by atomic mass is 79.9. The highest BCUT2D eigenvalue weighted by molar-refractivity contribution is 9.10. The lowest BCUT2D eigenvalue weighted by molar-refractivity contribution is 0.404. The summed E-state index contributed by atoms with van der Waals surface area (Å²) in [4.78, 5) is 19.0. The molecule has 1 aliphatic rings. The number of benzene rings is 1. The predicted molar refractivity (Wildman–Crippen MR) is 73.3 cm³/mol. The minimum absolute atomic E-state index is 0.203. The van der Waals surface area contributed by atoms with Crippen LogP contribution in [0.5, 0.6) is 11.5 Å². The summed E-state index contributed by atoms with van der Waals surface area (Å²) < 4.78 is 0.474. The Morgan fingerprint density at radius 2 is 2.00 bits per heavy atom. The van der Waals surface area contributed by atoms with E-state index in [4.69, 9.17) is 0 Å². The molecule has 3 rings (SSSR count). The van der Waals surface area contributed by atoms with Gasteiger partial charge in [-0.1, -0.05) is 0 Å². The van der Waals surface area contributed by atoms with Crippen molar-refractivity contribution in [2.75, 3.05) is 0 Å². The molecular weight excluding hydrogens is 312 g/mol. The molecule has 1 aromatic heterocycles.